The van der Waals surface area contributed by atoms with E-state index in [0.29, 0.717) is 12.0 Å². The zero-order valence-electron chi connectivity index (χ0n) is 6.68. The summed E-state index contributed by atoms with van der Waals surface area (Å²) in [6, 6.07) is 0.479. The Morgan fingerprint density at radius 1 is 1.50 bits per heavy atom. The van der Waals surface area contributed by atoms with E-state index >= 15 is 0 Å². The zero-order chi connectivity index (χ0) is 7.56. The Balaban J connectivity index is 2.32. The normalized spacial score (nSPS) is 31.2. The molecule has 0 bridgehead atoms. The summed E-state index contributed by atoms with van der Waals surface area (Å²) in [6.45, 7) is 4.24. The van der Waals surface area contributed by atoms with Crippen LogP contribution in [0.3, 0.4) is 0 Å². The van der Waals surface area contributed by atoms with E-state index < -0.39 is 0 Å². The summed E-state index contributed by atoms with van der Waals surface area (Å²) in [5.74, 6) is 0.587. The summed E-state index contributed by atoms with van der Waals surface area (Å²) in [5, 5.41) is 2.89. The van der Waals surface area contributed by atoms with Gasteiger partial charge in [0.2, 0.25) is 5.91 Å². The monoisotopic (exact) mass is 141 g/mol. The van der Waals surface area contributed by atoms with Crippen molar-refractivity contribution in [2.75, 3.05) is 0 Å². The highest BCUT2D eigenvalue weighted by Gasteiger charge is 2.36. The SMILES string of the molecule is CCC[C@H]1C(=O)N[C@H]1CC. The van der Waals surface area contributed by atoms with Crippen LogP contribution in [0.25, 0.3) is 0 Å². The van der Waals surface area contributed by atoms with E-state index in [4.69, 9.17) is 0 Å². The second kappa shape index (κ2) is 3.04. The van der Waals surface area contributed by atoms with Gasteiger partial charge >= 0.3 is 0 Å². The molecule has 0 saturated carbocycles. The predicted molar refractivity (Wildman–Crippen MR) is 40.6 cm³/mol. The van der Waals surface area contributed by atoms with Crippen LogP contribution < -0.4 is 5.32 Å². The molecule has 1 heterocycles. The van der Waals surface area contributed by atoms with Crippen LogP contribution in [0.2, 0.25) is 0 Å². The average molecular weight is 141 g/mol. The molecule has 0 aromatic rings. The van der Waals surface area contributed by atoms with Crippen molar-refractivity contribution in [1.29, 1.82) is 0 Å². The molecule has 1 saturated heterocycles. The minimum atomic E-state index is 0.258. The van der Waals surface area contributed by atoms with E-state index in [1.54, 1.807) is 0 Å². The molecule has 0 aliphatic carbocycles. The van der Waals surface area contributed by atoms with Crippen molar-refractivity contribution in [3.05, 3.63) is 0 Å². The van der Waals surface area contributed by atoms with Crippen molar-refractivity contribution in [3.8, 4) is 0 Å². The fourth-order valence-electron chi connectivity index (χ4n) is 1.51. The molecule has 2 atom stereocenters. The summed E-state index contributed by atoms with van der Waals surface area (Å²) in [6.07, 6.45) is 3.26. The summed E-state index contributed by atoms with van der Waals surface area (Å²) >= 11 is 0. The van der Waals surface area contributed by atoms with Crippen molar-refractivity contribution >= 4 is 5.91 Å². The molecule has 1 aliphatic rings. The van der Waals surface area contributed by atoms with E-state index in [0.717, 1.165) is 19.3 Å². The fraction of sp³-hybridized carbons (Fsp3) is 0.875. The van der Waals surface area contributed by atoms with E-state index in [2.05, 4.69) is 19.2 Å². The highest BCUT2D eigenvalue weighted by atomic mass is 16.2. The lowest BCUT2D eigenvalue weighted by atomic mass is 9.85. The Kier molecular flexibility index (Phi) is 2.30. The van der Waals surface area contributed by atoms with Crippen molar-refractivity contribution < 1.29 is 4.79 Å². The third-order valence-corrected chi connectivity index (χ3v) is 2.19. The first-order valence-corrected chi connectivity index (χ1v) is 4.10. The van der Waals surface area contributed by atoms with Gasteiger partial charge < -0.3 is 5.32 Å². The van der Waals surface area contributed by atoms with E-state index in [1.807, 2.05) is 0 Å². The smallest absolute Gasteiger partial charge is 0.225 e. The first kappa shape index (κ1) is 7.58. The molecule has 0 aromatic heterocycles. The molecule has 1 N–H and O–H groups in total. The molecular weight excluding hydrogens is 126 g/mol. The van der Waals surface area contributed by atoms with Crippen molar-refractivity contribution in [2.24, 2.45) is 5.92 Å². The van der Waals surface area contributed by atoms with Gasteiger partial charge in [-0.15, -0.1) is 0 Å². The van der Waals surface area contributed by atoms with Gasteiger partial charge in [0.25, 0.3) is 0 Å². The molecule has 0 radical (unpaired) electrons. The maximum Gasteiger partial charge on any atom is 0.225 e. The molecule has 1 amide bonds. The van der Waals surface area contributed by atoms with Crippen LogP contribution in [0.15, 0.2) is 0 Å². The van der Waals surface area contributed by atoms with Gasteiger partial charge in [0, 0.05) is 6.04 Å². The van der Waals surface area contributed by atoms with Gasteiger partial charge in [-0.25, -0.2) is 0 Å². The van der Waals surface area contributed by atoms with Crippen LogP contribution in [0.4, 0.5) is 0 Å². The average Bonchev–Trinajstić information content (AvgIpc) is 1.95. The Morgan fingerprint density at radius 2 is 2.20 bits per heavy atom. The molecule has 10 heavy (non-hydrogen) atoms. The molecule has 1 rings (SSSR count). The number of β-lactam (4-membered cyclic amide) rings is 1. The van der Waals surface area contributed by atoms with Gasteiger partial charge in [-0.3, -0.25) is 4.79 Å². The van der Waals surface area contributed by atoms with Gasteiger partial charge in [0.15, 0.2) is 0 Å². The number of carbonyl (C=O) groups is 1. The van der Waals surface area contributed by atoms with Crippen LogP contribution in [-0.4, -0.2) is 11.9 Å². The molecule has 1 aliphatic heterocycles. The minimum Gasteiger partial charge on any atom is -0.352 e. The number of carbonyl (C=O) groups excluding carboxylic acids is 1. The lowest BCUT2D eigenvalue weighted by Crippen LogP contribution is -2.57. The highest BCUT2D eigenvalue weighted by molar-refractivity contribution is 5.85. The van der Waals surface area contributed by atoms with Crippen LogP contribution in [-0.2, 0) is 4.79 Å². The van der Waals surface area contributed by atoms with Crippen molar-refractivity contribution in [1.82, 2.24) is 5.32 Å². The maximum atomic E-state index is 10.9. The standard InChI is InChI=1S/C8H15NO/c1-3-5-6-7(4-2)9-8(6)10/h6-7H,3-5H2,1-2H3,(H,9,10)/t6-,7+/m1/s1. The molecule has 0 spiro atoms. The number of nitrogens with one attached hydrogen (secondary N) is 1. The number of rotatable bonds is 3. The lowest BCUT2D eigenvalue weighted by Gasteiger charge is -2.36. The van der Waals surface area contributed by atoms with Crippen LogP contribution in [0.1, 0.15) is 33.1 Å². The van der Waals surface area contributed by atoms with Crippen molar-refractivity contribution in [3.63, 3.8) is 0 Å². The molecule has 1 fully saturated rings. The van der Waals surface area contributed by atoms with Crippen molar-refractivity contribution in [2.45, 2.75) is 39.2 Å². The molecule has 0 aromatic carbocycles. The Bertz CT molecular complexity index is 133. The second-order valence-corrected chi connectivity index (χ2v) is 2.92. The molecular formula is C8H15NO. The zero-order valence-corrected chi connectivity index (χ0v) is 6.68. The minimum absolute atomic E-state index is 0.258. The number of hydrogen-bond donors (Lipinski definition) is 1. The highest BCUT2D eigenvalue weighted by Crippen LogP contribution is 2.22. The first-order chi connectivity index (χ1) is 4.79. The largest absolute Gasteiger partial charge is 0.352 e. The van der Waals surface area contributed by atoms with E-state index in [-0.39, 0.29) is 5.91 Å². The third-order valence-electron chi connectivity index (χ3n) is 2.19. The summed E-state index contributed by atoms with van der Waals surface area (Å²) in [4.78, 5) is 10.9. The molecule has 2 nitrogen and oxygen atoms in total. The molecule has 0 unspecified atom stereocenters. The predicted octanol–water partition coefficient (Wildman–Crippen LogP) is 1.31. The Labute approximate surface area is 62.0 Å². The molecule has 2 heteroatoms. The van der Waals surface area contributed by atoms with Crippen LogP contribution in [0.5, 0.6) is 0 Å². The quantitative estimate of drug-likeness (QED) is 0.590. The maximum absolute atomic E-state index is 10.9. The van der Waals surface area contributed by atoms with Gasteiger partial charge in [-0.05, 0) is 12.8 Å². The number of hydrogen-bond acceptors (Lipinski definition) is 1. The van der Waals surface area contributed by atoms with Gasteiger partial charge in [-0.1, -0.05) is 20.3 Å². The van der Waals surface area contributed by atoms with Gasteiger partial charge in [0.05, 0.1) is 5.92 Å². The Morgan fingerprint density at radius 3 is 2.60 bits per heavy atom. The van der Waals surface area contributed by atoms with Gasteiger partial charge in [0.1, 0.15) is 0 Å². The van der Waals surface area contributed by atoms with Crippen LogP contribution >= 0.6 is 0 Å². The first-order valence-electron chi connectivity index (χ1n) is 4.10. The summed E-state index contributed by atoms with van der Waals surface area (Å²) < 4.78 is 0. The second-order valence-electron chi connectivity index (χ2n) is 2.92. The van der Waals surface area contributed by atoms with E-state index in [9.17, 15) is 4.79 Å². The van der Waals surface area contributed by atoms with Crippen LogP contribution in [0, 0.1) is 5.92 Å². The molecule has 58 valence electrons. The van der Waals surface area contributed by atoms with Gasteiger partial charge in [-0.2, -0.15) is 0 Å². The topological polar surface area (TPSA) is 29.1 Å². The third kappa shape index (κ3) is 1.15. The summed E-state index contributed by atoms with van der Waals surface area (Å²) in [5.41, 5.74) is 0. The number of amides is 1. The van der Waals surface area contributed by atoms with E-state index in [1.165, 1.54) is 0 Å². The fourth-order valence-corrected chi connectivity index (χ4v) is 1.51. The summed E-state index contributed by atoms with van der Waals surface area (Å²) in [7, 11) is 0. The lowest BCUT2D eigenvalue weighted by molar-refractivity contribution is -0.135. The Hall–Kier alpha value is -0.530.